The van der Waals surface area contributed by atoms with Gasteiger partial charge in [0.2, 0.25) is 5.91 Å². The Kier molecular flexibility index (Phi) is 7.70. The zero-order chi connectivity index (χ0) is 18.2. The number of amides is 1. The first-order valence-electron chi connectivity index (χ1n) is 7.49. The summed E-state index contributed by atoms with van der Waals surface area (Å²) < 4.78 is 41.9. The van der Waals surface area contributed by atoms with Crippen LogP contribution in [0.5, 0.6) is 0 Å². The zero-order valence-corrected chi connectivity index (χ0v) is 13.5. The lowest BCUT2D eigenvalue weighted by molar-refractivity contribution is -0.146. The molecule has 24 heavy (non-hydrogen) atoms. The van der Waals surface area contributed by atoms with Crippen molar-refractivity contribution in [2.75, 3.05) is 13.7 Å². The molecule has 1 rings (SSSR count). The molecular weight excluding hydrogens is 325 g/mol. The number of methoxy groups -OCH3 is 1. The third-order valence-corrected chi connectivity index (χ3v) is 3.36. The maximum atomic E-state index is 12.5. The van der Waals surface area contributed by atoms with Crippen molar-refractivity contribution in [3.63, 3.8) is 0 Å². The van der Waals surface area contributed by atoms with Crippen molar-refractivity contribution >= 4 is 11.9 Å². The fourth-order valence-electron chi connectivity index (χ4n) is 2.09. The normalized spacial score (nSPS) is 13.9. The van der Waals surface area contributed by atoms with Gasteiger partial charge in [0.15, 0.2) is 0 Å². The Bertz CT molecular complexity index is 535. The molecule has 5 nitrogen and oxygen atoms in total. The van der Waals surface area contributed by atoms with Crippen LogP contribution in [0.25, 0.3) is 0 Å². The second-order valence-electron chi connectivity index (χ2n) is 5.23. The van der Waals surface area contributed by atoms with Gasteiger partial charge in [-0.25, -0.2) is 4.79 Å². The largest absolute Gasteiger partial charge is 0.467 e. The predicted octanol–water partition coefficient (Wildman–Crippen LogP) is 1.82. The highest BCUT2D eigenvalue weighted by atomic mass is 19.4. The van der Waals surface area contributed by atoms with Crippen LogP contribution in [0.3, 0.4) is 0 Å². The lowest BCUT2D eigenvalue weighted by atomic mass is 10.0. The summed E-state index contributed by atoms with van der Waals surface area (Å²) in [5, 5.41) is 4.64. The van der Waals surface area contributed by atoms with Gasteiger partial charge in [-0.3, -0.25) is 10.1 Å². The number of hydrogen-bond acceptors (Lipinski definition) is 4. The third-order valence-electron chi connectivity index (χ3n) is 3.36. The topological polar surface area (TPSA) is 67.4 Å². The number of alkyl halides is 3. The molecule has 0 bridgehead atoms. The molecular formula is C16H21F3N2O3. The van der Waals surface area contributed by atoms with Crippen LogP contribution in [0, 0.1) is 0 Å². The number of carbonyl (C=O) groups excluding carboxylic acids is 2. The maximum Gasteiger partial charge on any atom is 0.401 e. The van der Waals surface area contributed by atoms with Crippen molar-refractivity contribution in [2.24, 2.45) is 0 Å². The van der Waals surface area contributed by atoms with E-state index in [0.717, 1.165) is 0 Å². The molecule has 0 aliphatic rings. The second-order valence-corrected chi connectivity index (χ2v) is 5.23. The summed E-state index contributed by atoms with van der Waals surface area (Å²) in [6.07, 6.45) is -4.10. The summed E-state index contributed by atoms with van der Waals surface area (Å²) in [5.41, 5.74) is 0.707. The van der Waals surface area contributed by atoms with Crippen molar-refractivity contribution in [2.45, 2.75) is 38.0 Å². The van der Waals surface area contributed by atoms with Crippen LogP contribution in [0.2, 0.25) is 0 Å². The first-order valence-corrected chi connectivity index (χ1v) is 7.49. The van der Waals surface area contributed by atoms with Crippen molar-refractivity contribution in [1.29, 1.82) is 0 Å². The molecule has 134 valence electrons. The molecule has 2 unspecified atom stereocenters. The molecule has 2 atom stereocenters. The molecule has 0 spiro atoms. The predicted molar refractivity (Wildman–Crippen MR) is 82.2 cm³/mol. The number of esters is 1. The van der Waals surface area contributed by atoms with Gasteiger partial charge in [0, 0.05) is 0 Å². The minimum Gasteiger partial charge on any atom is -0.467 e. The van der Waals surface area contributed by atoms with Crippen molar-refractivity contribution in [3.8, 4) is 0 Å². The van der Waals surface area contributed by atoms with E-state index in [-0.39, 0.29) is 12.8 Å². The number of carbonyl (C=O) groups is 2. The zero-order valence-electron chi connectivity index (χ0n) is 13.5. The average molecular weight is 346 g/mol. The highest BCUT2D eigenvalue weighted by Crippen LogP contribution is 2.13. The smallest absolute Gasteiger partial charge is 0.401 e. The van der Waals surface area contributed by atoms with Gasteiger partial charge in [-0.1, -0.05) is 37.3 Å². The van der Waals surface area contributed by atoms with Gasteiger partial charge < -0.3 is 10.1 Å². The highest BCUT2D eigenvalue weighted by Gasteiger charge is 2.31. The van der Waals surface area contributed by atoms with Crippen molar-refractivity contribution in [3.05, 3.63) is 35.9 Å². The fraction of sp³-hybridized carbons (Fsp3) is 0.500. The average Bonchev–Trinajstić information content (AvgIpc) is 2.55. The van der Waals surface area contributed by atoms with Crippen LogP contribution in [-0.2, 0) is 20.7 Å². The quantitative estimate of drug-likeness (QED) is 0.705. The van der Waals surface area contributed by atoms with Crippen LogP contribution in [0.1, 0.15) is 18.9 Å². The van der Waals surface area contributed by atoms with Gasteiger partial charge in [0.25, 0.3) is 0 Å². The molecule has 0 saturated heterocycles. The summed E-state index contributed by atoms with van der Waals surface area (Å²) in [5.74, 6) is -1.32. The Balaban J connectivity index is 2.82. The lowest BCUT2D eigenvalue weighted by Crippen LogP contribution is -2.52. The van der Waals surface area contributed by atoms with E-state index in [0.29, 0.717) is 5.56 Å². The van der Waals surface area contributed by atoms with Crippen LogP contribution < -0.4 is 10.6 Å². The molecule has 1 aromatic carbocycles. The first kappa shape index (κ1) is 20.0. The Labute approximate surface area is 138 Å². The van der Waals surface area contributed by atoms with Crippen LogP contribution in [0.15, 0.2) is 30.3 Å². The van der Waals surface area contributed by atoms with E-state index in [1.54, 1.807) is 37.3 Å². The van der Waals surface area contributed by atoms with Crippen molar-refractivity contribution < 1.29 is 27.5 Å². The summed E-state index contributed by atoms with van der Waals surface area (Å²) in [4.78, 5) is 23.8. The lowest BCUT2D eigenvalue weighted by Gasteiger charge is -2.22. The second kappa shape index (κ2) is 9.27. The Hall–Kier alpha value is -2.09. The number of halogens is 3. The van der Waals surface area contributed by atoms with E-state index < -0.39 is 36.7 Å². The van der Waals surface area contributed by atoms with Crippen molar-refractivity contribution in [1.82, 2.24) is 10.6 Å². The summed E-state index contributed by atoms with van der Waals surface area (Å²) in [7, 11) is 1.18. The minimum absolute atomic E-state index is 0.0698. The minimum atomic E-state index is -4.44. The van der Waals surface area contributed by atoms with Crippen LogP contribution in [0.4, 0.5) is 13.2 Å². The molecule has 1 aromatic rings. The number of benzene rings is 1. The van der Waals surface area contributed by atoms with E-state index in [4.69, 9.17) is 0 Å². The van der Waals surface area contributed by atoms with E-state index in [1.165, 1.54) is 7.11 Å². The monoisotopic (exact) mass is 346 g/mol. The Morgan fingerprint density at radius 1 is 1.17 bits per heavy atom. The van der Waals surface area contributed by atoms with Crippen LogP contribution in [-0.4, -0.2) is 43.8 Å². The van der Waals surface area contributed by atoms with Gasteiger partial charge in [-0.2, -0.15) is 13.2 Å². The van der Waals surface area contributed by atoms with E-state index in [9.17, 15) is 22.8 Å². The number of nitrogens with one attached hydrogen (secondary N) is 2. The van der Waals surface area contributed by atoms with Crippen LogP contribution >= 0.6 is 0 Å². The summed E-state index contributed by atoms with van der Waals surface area (Å²) in [6, 6.07) is 6.65. The molecule has 2 N–H and O–H groups in total. The maximum absolute atomic E-state index is 12.5. The molecule has 8 heteroatoms. The molecule has 1 amide bonds. The molecule has 0 saturated carbocycles. The van der Waals surface area contributed by atoms with Gasteiger partial charge in [0.05, 0.1) is 19.7 Å². The summed E-state index contributed by atoms with van der Waals surface area (Å²) in [6.45, 7) is 0.365. The molecule has 0 heterocycles. The standard InChI is InChI=1S/C16H21F3N2O3/c1-3-12(15(23)24-2)21-14(22)13(20-10-16(17,18)19)9-11-7-5-4-6-8-11/h4-8,12-13,20H,3,9-10H2,1-2H3,(H,21,22). The Morgan fingerprint density at radius 2 is 1.79 bits per heavy atom. The SMILES string of the molecule is CCC(NC(=O)C(Cc1ccccc1)NCC(F)(F)F)C(=O)OC. The highest BCUT2D eigenvalue weighted by molar-refractivity contribution is 5.87. The van der Waals surface area contributed by atoms with Gasteiger partial charge in [0.1, 0.15) is 6.04 Å². The van der Waals surface area contributed by atoms with E-state index in [2.05, 4.69) is 15.4 Å². The van der Waals surface area contributed by atoms with E-state index in [1.807, 2.05) is 0 Å². The molecule has 0 aromatic heterocycles. The molecule has 0 aliphatic carbocycles. The summed E-state index contributed by atoms with van der Waals surface area (Å²) >= 11 is 0. The third kappa shape index (κ3) is 6.99. The number of rotatable bonds is 8. The van der Waals surface area contributed by atoms with Gasteiger partial charge in [-0.05, 0) is 18.4 Å². The Morgan fingerprint density at radius 3 is 2.29 bits per heavy atom. The number of ether oxygens (including phenoxy) is 1. The van der Waals surface area contributed by atoms with Gasteiger partial charge in [-0.15, -0.1) is 0 Å². The molecule has 0 radical (unpaired) electrons. The molecule has 0 aliphatic heterocycles. The first-order chi connectivity index (χ1) is 11.3. The number of hydrogen-bond donors (Lipinski definition) is 2. The van der Waals surface area contributed by atoms with E-state index >= 15 is 0 Å². The van der Waals surface area contributed by atoms with Gasteiger partial charge >= 0.3 is 12.1 Å². The fourth-order valence-corrected chi connectivity index (χ4v) is 2.09. The molecule has 0 fully saturated rings.